The second-order valence-corrected chi connectivity index (χ2v) is 7.23. The second-order valence-electron chi connectivity index (χ2n) is 7.23. The van der Waals surface area contributed by atoms with Gasteiger partial charge in [0.1, 0.15) is 17.1 Å². The Balaban J connectivity index is 1.75. The maximum Gasteiger partial charge on any atom is 0.339 e. The molecule has 2 aromatic carbocycles. The Kier molecular flexibility index (Phi) is 4.49. The van der Waals surface area contributed by atoms with Crippen LogP contribution in [0, 0.1) is 0 Å². The molecule has 2 aromatic rings. The van der Waals surface area contributed by atoms with Crippen LogP contribution in [-0.2, 0) is 15.1 Å². The smallest absolute Gasteiger partial charge is 0.339 e. The fourth-order valence-corrected chi connectivity index (χ4v) is 4.31. The van der Waals surface area contributed by atoms with Crippen LogP contribution in [0.25, 0.3) is 0 Å². The van der Waals surface area contributed by atoms with Crippen molar-refractivity contribution in [1.29, 1.82) is 0 Å². The molecule has 6 heteroatoms. The van der Waals surface area contributed by atoms with E-state index in [1.807, 2.05) is 24.3 Å². The normalized spacial score (nSPS) is 23.3. The number of benzene rings is 2. The van der Waals surface area contributed by atoms with Crippen LogP contribution in [0.4, 0.5) is 0 Å². The fraction of sp³-hybridized carbons (Fsp3) is 0.364. The highest BCUT2D eigenvalue weighted by atomic mass is 16.6. The number of esters is 1. The van der Waals surface area contributed by atoms with Crippen molar-refractivity contribution in [2.45, 2.75) is 30.8 Å². The zero-order chi connectivity index (χ0) is 19.9. The quantitative estimate of drug-likeness (QED) is 0.753. The number of carbonyl (C=O) groups excluding carboxylic acids is 2. The first-order valence-corrected chi connectivity index (χ1v) is 9.15. The molecular weight excluding hydrogens is 360 g/mol. The van der Waals surface area contributed by atoms with Gasteiger partial charge in [-0.1, -0.05) is 12.1 Å². The second kappa shape index (κ2) is 6.86. The van der Waals surface area contributed by atoms with E-state index in [1.54, 1.807) is 26.4 Å². The minimum Gasteiger partial charge on any atom is -0.497 e. The van der Waals surface area contributed by atoms with Gasteiger partial charge in [-0.3, -0.25) is 4.79 Å². The van der Waals surface area contributed by atoms with E-state index in [0.717, 1.165) is 11.3 Å². The van der Waals surface area contributed by atoms with Crippen molar-refractivity contribution >= 4 is 11.8 Å². The van der Waals surface area contributed by atoms with E-state index in [4.69, 9.17) is 18.9 Å². The molecule has 0 radical (unpaired) electrons. The van der Waals surface area contributed by atoms with Gasteiger partial charge in [0, 0.05) is 12.0 Å². The predicted octanol–water partition coefficient (Wildman–Crippen LogP) is 3.61. The topological polar surface area (TPSA) is 71.1 Å². The summed E-state index contributed by atoms with van der Waals surface area (Å²) in [5.74, 6) is 1.33. The van der Waals surface area contributed by atoms with Crippen LogP contribution in [0.3, 0.4) is 0 Å². The summed E-state index contributed by atoms with van der Waals surface area (Å²) in [6.07, 6.45) is 1.14. The molecule has 6 nitrogen and oxygen atoms in total. The lowest BCUT2D eigenvalue weighted by Gasteiger charge is -2.36. The van der Waals surface area contributed by atoms with Crippen molar-refractivity contribution in [2.24, 2.45) is 0 Å². The Hall–Kier alpha value is -3.02. The molecule has 2 aliphatic rings. The summed E-state index contributed by atoms with van der Waals surface area (Å²) in [4.78, 5) is 25.2. The van der Waals surface area contributed by atoms with E-state index in [-0.39, 0.29) is 18.1 Å². The van der Waals surface area contributed by atoms with E-state index < -0.39 is 11.6 Å². The number of Topliss-reactive ketones (excluding diaryl/α,β-unsaturated/α-hetero) is 1. The van der Waals surface area contributed by atoms with Gasteiger partial charge in [0.25, 0.3) is 0 Å². The molecule has 1 fully saturated rings. The third-order valence-electron chi connectivity index (χ3n) is 5.64. The molecule has 1 heterocycles. The Morgan fingerprint density at radius 1 is 0.964 bits per heavy atom. The van der Waals surface area contributed by atoms with Crippen molar-refractivity contribution in [3.8, 4) is 17.2 Å². The predicted molar refractivity (Wildman–Crippen MR) is 101 cm³/mol. The molecular formula is C22H22O6. The minimum atomic E-state index is -0.966. The summed E-state index contributed by atoms with van der Waals surface area (Å²) in [5, 5.41) is 0. The molecule has 1 aliphatic carbocycles. The van der Waals surface area contributed by atoms with Gasteiger partial charge in [0.15, 0.2) is 11.5 Å². The maximum atomic E-state index is 12.7. The molecule has 0 bridgehead atoms. The number of rotatable bonds is 4. The van der Waals surface area contributed by atoms with Crippen LogP contribution in [0.2, 0.25) is 0 Å². The van der Waals surface area contributed by atoms with E-state index in [0.29, 0.717) is 35.5 Å². The lowest BCUT2D eigenvalue weighted by Crippen LogP contribution is -2.36. The molecule has 1 aliphatic heterocycles. The molecule has 146 valence electrons. The van der Waals surface area contributed by atoms with E-state index in [1.165, 1.54) is 7.11 Å². The van der Waals surface area contributed by atoms with Crippen molar-refractivity contribution < 1.29 is 28.5 Å². The zero-order valence-corrected chi connectivity index (χ0v) is 16.1. The first kappa shape index (κ1) is 18.3. The van der Waals surface area contributed by atoms with Crippen LogP contribution >= 0.6 is 0 Å². The lowest BCUT2D eigenvalue weighted by atomic mass is 9.71. The summed E-state index contributed by atoms with van der Waals surface area (Å²) >= 11 is 0. The first-order chi connectivity index (χ1) is 13.5. The molecule has 0 aromatic heterocycles. The molecule has 4 rings (SSSR count). The number of ketones is 1. The highest BCUT2D eigenvalue weighted by molar-refractivity contribution is 5.97. The van der Waals surface area contributed by atoms with Crippen molar-refractivity contribution in [2.75, 3.05) is 21.3 Å². The Morgan fingerprint density at radius 2 is 1.64 bits per heavy atom. The monoisotopic (exact) mass is 382 g/mol. The van der Waals surface area contributed by atoms with Gasteiger partial charge in [-0.2, -0.15) is 0 Å². The number of fused-ring (bicyclic) bond motifs is 2. The van der Waals surface area contributed by atoms with Gasteiger partial charge >= 0.3 is 5.97 Å². The van der Waals surface area contributed by atoms with Crippen molar-refractivity contribution in [3.63, 3.8) is 0 Å². The third kappa shape index (κ3) is 2.89. The van der Waals surface area contributed by atoms with Crippen LogP contribution in [0.1, 0.15) is 46.7 Å². The first-order valence-electron chi connectivity index (χ1n) is 9.15. The van der Waals surface area contributed by atoms with Crippen LogP contribution < -0.4 is 14.2 Å². The van der Waals surface area contributed by atoms with Gasteiger partial charge in [-0.15, -0.1) is 0 Å². The van der Waals surface area contributed by atoms with Gasteiger partial charge in [-0.25, -0.2) is 4.79 Å². The number of hydrogen-bond acceptors (Lipinski definition) is 6. The number of methoxy groups -OCH3 is 3. The summed E-state index contributed by atoms with van der Waals surface area (Å²) in [6.45, 7) is 0. The molecule has 1 unspecified atom stereocenters. The molecule has 1 saturated carbocycles. The summed E-state index contributed by atoms with van der Waals surface area (Å²) in [7, 11) is 4.68. The summed E-state index contributed by atoms with van der Waals surface area (Å²) < 4.78 is 21.8. The standard InChI is InChI=1S/C22H22O6/c1-25-16-6-4-13(5-7-16)14-8-15(23)12-22(11-14)18-10-20(27-3)19(26-2)9-17(18)21(24)28-22/h4-7,9-10,14H,8,11-12H2,1-3H3/t14?,22-/m0/s1. The molecule has 1 spiro atoms. The van der Waals surface area contributed by atoms with Gasteiger partial charge < -0.3 is 18.9 Å². The molecule has 28 heavy (non-hydrogen) atoms. The largest absolute Gasteiger partial charge is 0.497 e. The molecule has 0 saturated heterocycles. The van der Waals surface area contributed by atoms with Crippen LogP contribution in [0.5, 0.6) is 17.2 Å². The fourth-order valence-electron chi connectivity index (χ4n) is 4.31. The maximum absolute atomic E-state index is 12.7. The SMILES string of the molecule is COc1ccc(C2CC(=O)C[C@]3(C2)OC(=O)c2cc(OC)c(OC)cc23)cc1. The number of carbonyl (C=O) groups is 2. The van der Waals surface area contributed by atoms with E-state index in [2.05, 4.69) is 0 Å². The van der Waals surface area contributed by atoms with Gasteiger partial charge in [0.05, 0.1) is 33.3 Å². The number of ether oxygens (including phenoxy) is 4. The lowest BCUT2D eigenvalue weighted by molar-refractivity contribution is -0.129. The Labute approximate surface area is 163 Å². The minimum absolute atomic E-state index is 0.0426. The van der Waals surface area contributed by atoms with Crippen LogP contribution in [-0.4, -0.2) is 33.1 Å². The molecule has 0 N–H and O–H groups in total. The Morgan fingerprint density at radius 3 is 2.29 bits per heavy atom. The zero-order valence-electron chi connectivity index (χ0n) is 16.1. The molecule has 0 amide bonds. The van der Waals surface area contributed by atoms with Crippen LogP contribution in [0.15, 0.2) is 36.4 Å². The Bertz CT molecular complexity index is 933. The van der Waals surface area contributed by atoms with E-state index in [9.17, 15) is 9.59 Å². The average molecular weight is 382 g/mol. The third-order valence-corrected chi connectivity index (χ3v) is 5.64. The van der Waals surface area contributed by atoms with Gasteiger partial charge in [-0.05, 0) is 42.2 Å². The molecule has 2 atom stereocenters. The van der Waals surface area contributed by atoms with Gasteiger partial charge in [0.2, 0.25) is 0 Å². The van der Waals surface area contributed by atoms with Crippen molar-refractivity contribution in [3.05, 3.63) is 53.1 Å². The van der Waals surface area contributed by atoms with E-state index >= 15 is 0 Å². The average Bonchev–Trinajstić information content (AvgIpc) is 2.96. The summed E-state index contributed by atoms with van der Waals surface area (Å²) in [5.41, 5.74) is 1.19. The summed E-state index contributed by atoms with van der Waals surface area (Å²) in [6, 6.07) is 11.1. The highest BCUT2D eigenvalue weighted by Crippen LogP contribution is 2.52. The number of hydrogen-bond donors (Lipinski definition) is 0. The highest BCUT2D eigenvalue weighted by Gasteiger charge is 2.51. The van der Waals surface area contributed by atoms with Crippen molar-refractivity contribution in [1.82, 2.24) is 0 Å².